The Labute approximate surface area is 128 Å². The summed E-state index contributed by atoms with van der Waals surface area (Å²) in [6.07, 6.45) is -4.52. The van der Waals surface area contributed by atoms with Crippen molar-refractivity contribution in [1.82, 2.24) is 20.1 Å². The average Bonchev–Trinajstić information content (AvgIpc) is 2.75. The number of halogens is 3. The van der Waals surface area contributed by atoms with E-state index in [1.807, 2.05) is 0 Å². The molecular formula is C11H15F3N4O3S. The molecule has 0 aromatic carbocycles. The number of esters is 1. The molecular weight excluding hydrogens is 325 g/mol. The fourth-order valence-corrected chi connectivity index (χ4v) is 2.11. The first-order chi connectivity index (χ1) is 10.2. The zero-order valence-electron chi connectivity index (χ0n) is 11.9. The normalized spacial score (nSPS) is 11.3. The van der Waals surface area contributed by atoms with Crippen molar-refractivity contribution in [2.24, 2.45) is 7.05 Å². The summed E-state index contributed by atoms with van der Waals surface area (Å²) in [5.41, 5.74) is 0. The van der Waals surface area contributed by atoms with Gasteiger partial charge in [0.25, 0.3) is 0 Å². The Morgan fingerprint density at radius 2 is 2.05 bits per heavy atom. The van der Waals surface area contributed by atoms with Crippen molar-refractivity contribution in [2.45, 2.75) is 24.7 Å². The highest BCUT2D eigenvalue weighted by Gasteiger charge is 2.27. The van der Waals surface area contributed by atoms with Gasteiger partial charge in [-0.15, -0.1) is 10.2 Å². The summed E-state index contributed by atoms with van der Waals surface area (Å²) in [5.74, 6) is -1.12. The summed E-state index contributed by atoms with van der Waals surface area (Å²) < 4.78 is 42.1. The lowest BCUT2D eigenvalue weighted by molar-refractivity contribution is -0.142. The number of carbonyl (C=O) groups is 2. The second kappa shape index (κ2) is 8.01. The van der Waals surface area contributed by atoms with Gasteiger partial charge in [0.1, 0.15) is 18.8 Å². The molecule has 0 aliphatic carbocycles. The highest BCUT2D eigenvalue weighted by molar-refractivity contribution is 7.99. The van der Waals surface area contributed by atoms with Crippen LogP contribution in [0.1, 0.15) is 12.7 Å². The van der Waals surface area contributed by atoms with E-state index in [0.29, 0.717) is 11.0 Å². The van der Waals surface area contributed by atoms with E-state index in [1.165, 1.54) is 4.57 Å². The van der Waals surface area contributed by atoms with Crippen molar-refractivity contribution in [3.8, 4) is 0 Å². The molecule has 11 heteroatoms. The second-order valence-corrected chi connectivity index (χ2v) is 5.06. The van der Waals surface area contributed by atoms with Gasteiger partial charge in [-0.25, -0.2) is 0 Å². The van der Waals surface area contributed by atoms with Gasteiger partial charge in [-0.2, -0.15) is 13.2 Å². The number of hydrogen-bond acceptors (Lipinski definition) is 6. The lowest BCUT2D eigenvalue weighted by atomic mass is 10.4. The SMILES string of the molecule is CCOC(=O)Cc1nnc(SCC(=O)NCC(F)(F)F)n1C. The summed E-state index contributed by atoms with van der Waals surface area (Å²) in [7, 11) is 1.59. The third kappa shape index (κ3) is 6.33. The molecule has 1 amide bonds. The van der Waals surface area contributed by atoms with Crippen LogP contribution in [0.5, 0.6) is 0 Å². The van der Waals surface area contributed by atoms with Crippen molar-refractivity contribution in [2.75, 3.05) is 18.9 Å². The molecule has 0 aliphatic heterocycles. The lowest BCUT2D eigenvalue weighted by Crippen LogP contribution is -2.34. The molecule has 1 N–H and O–H groups in total. The zero-order valence-corrected chi connectivity index (χ0v) is 12.8. The molecule has 0 spiro atoms. The van der Waals surface area contributed by atoms with Gasteiger partial charge in [0, 0.05) is 7.05 Å². The van der Waals surface area contributed by atoms with Crippen LogP contribution in [0.2, 0.25) is 0 Å². The van der Waals surface area contributed by atoms with E-state index < -0.39 is 24.6 Å². The Morgan fingerprint density at radius 1 is 1.36 bits per heavy atom. The second-order valence-electron chi connectivity index (χ2n) is 4.12. The zero-order chi connectivity index (χ0) is 16.8. The number of nitrogens with zero attached hydrogens (tertiary/aromatic N) is 3. The van der Waals surface area contributed by atoms with Crippen molar-refractivity contribution in [3.05, 3.63) is 5.82 Å². The van der Waals surface area contributed by atoms with Crippen molar-refractivity contribution >= 4 is 23.6 Å². The van der Waals surface area contributed by atoms with Gasteiger partial charge in [-0.05, 0) is 6.92 Å². The number of aromatic nitrogens is 3. The van der Waals surface area contributed by atoms with Gasteiger partial charge in [0.05, 0.1) is 12.4 Å². The minimum absolute atomic E-state index is 0.0713. The van der Waals surface area contributed by atoms with Crippen LogP contribution in [0.3, 0.4) is 0 Å². The Morgan fingerprint density at radius 3 is 2.64 bits per heavy atom. The van der Waals surface area contributed by atoms with Crippen LogP contribution in [-0.4, -0.2) is 51.7 Å². The van der Waals surface area contributed by atoms with Crippen LogP contribution in [0.15, 0.2) is 5.16 Å². The Bertz CT molecular complexity index is 533. The van der Waals surface area contributed by atoms with Crippen molar-refractivity contribution in [1.29, 1.82) is 0 Å². The predicted octanol–water partition coefficient (Wildman–Crippen LogP) is 0.691. The van der Waals surface area contributed by atoms with Crippen molar-refractivity contribution < 1.29 is 27.5 Å². The molecule has 1 aromatic heterocycles. The summed E-state index contributed by atoms with van der Waals surface area (Å²) in [4.78, 5) is 22.6. The molecule has 0 bridgehead atoms. The fraction of sp³-hybridized carbons (Fsp3) is 0.636. The molecule has 124 valence electrons. The first-order valence-electron chi connectivity index (χ1n) is 6.23. The van der Waals surface area contributed by atoms with Crippen LogP contribution in [0, 0.1) is 0 Å². The molecule has 1 heterocycles. The van der Waals surface area contributed by atoms with Gasteiger partial charge in [-0.3, -0.25) is 9.59 Å². The quantitative estimate of drug-likeness (QED) is 0.581. The van der Waals surface area contributed by atoms with Crippen LogP contribution in [-0.2, 0) is 27.8 Å². The van der Waals surface area contributed by atoms with Crippen LogP contribution < -0.4 is 5.32 Å². The third-order valence-electron chi connectivity index (χ3n) is 2.35. The molecule has 1 rings (SSSR count). The molecule has 7 nitrogen and oxygen atoms in total. The van der Waals surface area contributed by atoms with Crippen LogP contribution >= 0.6 is 11.8 Å². The summed E-state index contributed by atoms with van der Waals surface area (Å²) in [6, 6.07) is 0. The van der Waals surface area contributed by atoms with E-state index >= 15 is 0 Å². The lowest BCUT2D eigenvalue weighted by Gasteiger charge is -2.08. The van der Waals surface area contributed by atoms with Gasteiger partial charge in [-0.1, -0.05) is 11.8 Å². The van der Waals surface area contributed by atoms with Crippen molar-refractivity contribution in [3.63, 3.8) is 0 Å². The Hall–Kier alpha value is -1.78. The monoisotopic (exact) mass is 340 g/mol. The Kier molecular flexibility index (Phi) is 6.65. The van der Waals surface area contributed by atoms with Gasteiger partial charge in [0.2, 0.25) is 5.91 Å². The molecule has 0 unspecified atom stereocenters. The number of ether oxygens (including phenoxy) is 1. The van der Waals surface area contributed by atoms with E-state index in [0.717, 1.165) is 11.8 Å². The standard InChI is InChI=1S/C11H15F3N4O3S/c1-3-21-9(20)4-7-16-17-10(18(7)2)22-5-8(19)15-6-11(12,13)14/h3-6H2,1-2H3,(H,15,19). The topological polar surface area (TPSA) is 86.1 Å². The third-order valence-corrected chi connectivity index (χ3v) is 3.37. The van der Waals surface area contributed by atoms with E-state index in [2.05, 4.69) is 10.2 Å². The van der Waals surface area contributed by atoms with E-state index in [9.17, 15) is 22.8 Å². The maximum Gasteiger partial charge on any atom is 0.405 e. The largest absolute Gasteiger partial charge is 0.466 e. The number of carbonyl (C=O) groups excluding carboxylic acids is 2. The number of nitrogens with one attached hydrogen (secondary N) is 1. The predicted molar refractivity (Wildman–Crippen MR) is 71.1 cm³/mol. The minimum Gasteiger partial charge on any atom is -0.466 e. The maximum absolute atomic E-state index is 11.9. The average molecular weight is 340 g/mol. The smallest absolute Gasteiger partial charge is 0.405 e. The minimum atomic E-state index is -4.45. The fourth-order valence-electron chi connectivity index (χ4n) is 1.35. The summed E-state index contributed by atoms with van der Waals surface area (Å²) in [5, 5.41) is 9.63. The number of hydrogen-bond donors (Lipinski definition) is 1. The first kappa shape index (κ1) is 18.3. The number of thioether (sulfide) groups is 1. The molecule has 0 saturated heterocycles. The van der Waals surface area contributed by atoms with Crippen LogP contribution in [0.25, 0.3) is 0 Å². The van der Waals surface area contributed by atoms with E-state index in [4.69, 9.17) is 4.74 Å². The number of alkyl halides is 3. The van der Waals surface area contributed by atoms with Gasteiger partial charge < -0.3 is 14.6 Å². The molecule has 22 heavy (non-hydrogen) atoms. The molecule has 0 radical (unpaired) electrons. The molecule has 0 saturated carbocycles. The summed E-state index contributed by atoms with van der Waals surface area (Å²) in [6.45, 7) is 0.548. The Balaban J connectivity index is 2.48. The number of amides is 1. The van der Waals surface area contributed by atoms with Crippen LogP contribution in [0.4, 0.5) is 13.2 Å². The molecule has 0 fully saturated rings. The molecule has 0 atom stereocenters. The maximum atomic E-state index is 11.9. The molecule has 0 aliphatic rings. The first-order valence-corrected chi connectivity index (χ1v) is 7.21. The van der Waals surface area contributed by atoms with Gasteiger partial charge >= 0.3 is 12.1 Å². The van der Waals surface area contributed by atoms with E-state index in [-0.39, 0.29) is 18.8 Å². The van der Waals surface area contributed by atoms with E-state index in [1.54, 1.807) is 19.3 Å². The summed E-state index contributed by atoms with van der Waals surface area (Å²) >= 11 is 0.925. The highest BCUT2D eigenvalue weighted by atomic mass is 32.2. The van der Waals surface area contributed by atoms with Gasteiger partial charge in [0.15, 0.2) is 5.16 Å². The number of rotatable bonds is 7. The molecule has 1 aromatic rings. The highest BCUT2D eigenvalue weighted by Crippen LogP contribution is 2.16.